The first-order valence-corrected chi connectivity index (χ1v) is 37.8. The van der Waals surface area contributed by atoms with Gasteiger partial charge in [0.05, 0.1) is 32.0 Å². The maximum Gasteiger partial charge on any atom is 0.220 e. The van der Waals surface area contributed by atoms with Crippen LogP contribution in [0.5, 0.6) is 0 Å². The maximum atomic E-state index is 13.4. The van der Waals surface area contributed by atoms with Gasteiger partial charge in [0.25, 0.3) is 0 Å². The Labute approximate surface area is 561 Å². The van der Waals surface area contributed by atoms with Gasteiger partial charge in [-0.2, -0.15) is 0 Å². The molecule has 2 aliphatic rings. The van der Waals surface area contributed by atoms with Crippen LogP contribution in [0, 0.1) is 0 Å². The van der Waals surface area contributed by atoms with Gasteiger partial charge in [-0.3, -0.25) is 4.79 Å². The first-order valence-electron chi connectivity index (χ1n) is 37.8. The summed E-state index contributed by atoms with van der Waals surface area (Å²) in [5.41, 5.74) is 0. The number of nitrogens with one attached hydrogen (secondary N) is 1. The lowest BCUT2D eigenvalue weighted by molar-refractivity contribution is -0.359. The topological polar surface area (TPSA) is 228 Å². The minimum atomic E-state index is -1.79. The molecule has 0 aromatic heterocycles. The first-order chi connectivity index (χ1) is 45.1. The van der Waals surface area contributed by atoms with Crippen molar-refractivity contribution in [3.8, 4) is 0 Å². The summed E-state index contributed by atoms with van der Waals surface area (Å²) >= 11 is 0. The number of aliphatic hydroxyl groups excluding tert-OH is 8. The minimum Gasteiger partial charge on any atom is -0.394 e. The maximum absolute atomic E-state index is 13.4. The van der Waals surface area contributed by atoms with E-state index in [-0.39, 0.29) is 18.9 Å². The normalized spacial score (nSPS) is 23.2. The summed E-state index contributed by atoms with van der Waals surface area (Å²) in [6.07, 6.45) is 69.2. The van der Waals surface area contributed by atoms with Crippen molar-refractivity contribution in [1.82, 2.24) is 5.32 Å². The van der Waals surface area contributed by atoms with E-state index in [4.69, 9.17) is 18.9 Å². The second-order valence-electron chi connectivity index (χ2n) is 26.4. The van der Waals surface area contributed by atoms with E-state index in [2.05, 4.69) is 92.1 Å². The highest BCUT2D eigenvalue weighted by atomic mass is 16.7. The highest BCUT2D eigenvalue weighted by Gasteiger charge is 2.51. The molecule has 92 heavy (non-hydrogen) atoms. The predicted octanol–water partition coefficient (Wildman–Crippen LogP) is 16.4. The molecular formula is C78H139NO13. The van der Waals surface area contributed by atoms with Gasteiger partial charge >= 0.3 is 0 Å². The molecule has 0 spiro atoms. The molecule has 14 nitrogen and oxygen atoms in total. The fourth-order valence-corrected chi connectivity index (χ4v) is 12.1. The van der Waals surface area contributed by atoms with E-state index in [0.29, 0.717) is 6.42 Å². The summed E-state index contributed by atoms with van der Waals surface area (Å²) in [4.78, 5) is 13.4. The average Bonchev–Trinajstić information content (AvgIpc) is 0.844. The van der Waals surface area contributed by atoms with Crippen LogP contribution in [-0.2, 0) is 23.7 Å². The molecule has 12 atom stereocenters. The molecule has 0 bridgehead atoms. The first kappa shape index (κ1) is 85.3. The summed E-state index contributed by atoms with van der Waals surface area (Å²) in [6.45, 7) is 2.72. The van der Waals surface area contributed by atoms with Gasteiger partial charge in [0.2, 0.25) is 5.91 Å². The number of carbonyl (C=O) groups is 1. The van der Waals surface area contributed by atoms with Crippen LogP contribution in [0.4, 0.5) is 0 Å². The molecule has 0 saturated carbocycles. The molecule has 2 fully saturated rings. The van der Waals surface area contributed by atoms with E-state index in [0.717, 1.165) is 83.5 Å². The molecule has 9 N–H and O–H groups in total. The van der Waals surface area contributed by atoms with E-state index < -0.39 is 86.8 Å². The third-order valence-electron chi connectivity index (χ3n) is 18.1. The monoisotopic (exact) mass is 1300 g/mol. The van der Waals surface area contributed by atoms with E-state index in [9.17, 15) is 45.6 Å². The molecule has 534 valence electrons. The second-order valence-corrected chi connectivity index (χ2v) is 26.4. The van der Waals surface area contributed by atoms with Crippen LogP contribution in [0.15, 0.2) is 85.1 Å². The van der Waals surface area contributed by atoms with Crippen molar-refractivity contribution in [1.29, 1.82) is 0 Å². The van der Waals surface area contributed by atoms with Crippen LogP contribution in [0.2, 0.25) is 0 Å². The smallest absolute Gasteiger partial charge is 0.220 e. The highest BCUT2D eigenvalue weighted by molar-refractivity contribution is 5.76. The molecule has 2 heterocycles. The van der Waals surface area contributed by atoms with E-state index in [1.54, 1.807) is 6.08 Å². The molecule has 1 amide bonds. The zero-order valence-electron chi connectivity index (χ0n) is 58.3. The van der Waals surface area contributed by atoms with Gasteiger partial charge in [-0.25, -0.2) is 0 Å². The average molecular weight is 1300 g/mol. The number of allylic oxidation sites excluding steroid dienone is 13. The Kier molecular flexibility index (Phi) is 57.2. The van der Waals surface area contributed by atoms with Crippen LogP contribution < -0.4 is 5.32 Å². The number of hydrogen-bond acceptors (Lipinski definition) is 13. The van der Waals surface area contributed by atoms with Crippen LogP contribution in [-0.4, -0.2) is 140 Å². The summed E-state index contributed by atoms with van der Waals surface area (Å²) in [7, 11) is 0. The number of rotatable bonds is 62. The minimum absolute atomic E-state index is 0.241. The molecule has 2 aliphatic heterocycles. The summed E-state index contributed by atoms with van der Waals surface area (Å²) in [5, 5.41) is 87.6. The Bertz CT molecular complexity index is 1870. The molecule has 0 aliphatic carbocycles. The zero-order chi connectivity index (χ0) is 66.6. The third-order valence-corrected chi connectivity index (χ3v) is 18.1. The molecule has 2 rings (SSSR count). The van der Waals surface area contributed by atoms with Gasteiger partial charge in [0.1, 0.15) is 48.8 Å². The second kappa shape index (κ2) is 61.7. The van der Waals surface area contributed by atoms with Crippen LogP contribution in [0.1, 0.15) is 309 Å². The molecule has 0 radical (unpaired) electrons. The van der Waals surface area contributed by atoms with Gasteiger partial charge < -0.3 is 65.1 Å². The molecule has 14 heteroatoms. The van der Waals surface area contributed by atoms with Gasteiger partial charge in [-0.15, -0.1) is 0 Å². The van der Waals surface area contributed by atoms with Crippen LogP contribution in [0.3, 0.4) is 0 Å². The van der Waals surface area contributed by atoms with Crippen LogP contribution in [0.25, 0.3) is 0 Å². The number of ether oxygens (including phenoxy) is 4. The van der Waals surface area contributed by atoms with Crippen molar-refractivity contribution in [2.75, 3.05) is 19.8 Å². The SMILES string of the molecule is CC/C=C\C/C=C\C/C=C\C/C=C\C/C=C\C/C=C\CCCCCCCCCCCCCCC(=O)NC(COC1OC(CO)C(OC2OC(CO)C(O)C(O)C2O)C(O)C1O)C(O)/C=C/CCCCCCCCCCCCCCCCCCCCCCCCCCC. The molecule has 0 aromatic rings. The van der Waals surface area contributed by atoms with Gasteiger partial charge in [0, 0.05) is 6.42 Å². The highest BCUT2D eigenvalue weighted by Crippen LogP contribution is 2.30. The van der Waals surface area contributed by atoms with E-state index in [1.165, 1.54) is 199 Å². The van der Waals surface area contributed by atoms with Crippen molar-refractivity contribution in [3.05, 3.63) is 85.1 Å². The standard InChI is InChI=1S/C78H139NO13/c1-3-5-7-9-11-13-15-17-19-21-23-25-27-29-31-32-33-34-36-38-40-42-44-46-48-50-52-54-56-58-60-62-70(83)79-66(65-89-77-75(88)73(86)76(69(64-81)91-77)92-78-74(87)72(85)71(84)68(63-80)90-78)67(82)61-59-57-55-53-51-49-47-45-43-41-39-37-35-30-28-26-24-22-20-18-16-14-12-10-8-6-4-2/h5,7,11,13,17,19,23,25,29,31,33-34,59,61,66-69,71-78,80-82,84-88H,3-4,6,8-10,12,14-16,18,20-22,24,26-28,30,32,35-58,60,62-65H2,1-2H3,(H,79,83)/b7-5-,13-11-,19-17-,25-23-,31-29-,34-33-,61-59+. The van der Waals surface area contributed by atoms with E-state index in [1.807, 2.05) is 6.08 Å². The van der Waals surface area contributed by atoms with Crippen molar-refractivity contribution in [2.45, 2.75) is 383 Å². The Morgan fingerprint density at radius 2 is 0.750 bits per heavy atom. The Hall–Kier alpha value is -2.83. The Morgan fingerprint density at radius 3 is 1.15 bits per heavy atom. The lowest BCUT2D eigenvalue weighted by Gasteiger charge is -2.46. The lowest BCUT2D eigenvalue weighted by atomic mass is 9.97. The molecule has 12 unspecified atom stereocenters. The van der Waals surface area contributed by atoms with Crippen LogP contribution >= 0.6 is 0 Å². The number of aliphatic hydroxyl groups is 8. The van der Waals surface area contributed by atoms with Crippen molar-refractivity contribution in [2.24, 2.45) is 0 Å². The fourth-order valence-electron chi connectivity index (χ4n) is 12.1. The Balaban J connectivity index is 1.66. The fraction of sp³-hybridized carbons (Fsp3) is 0.808. The predicted molar refractivity (Wildman–Crippen MR) is 378 cm³/mol. The van der Waals surface area contributed by atoms with Gasteiger partial charge in [0.15, 0.2) is 12.6 Å². The van der Waals surface area contributed by atoms with Crippen molar-refractivity contribution < 1.29 is 64.6 Å². The number of hydrogen-bond donors (Lipinski definition) is 9. The quantitative estimate of drug-likeness (QED) is 0.0204. The van der Waals surface area contributed by atoms with Gasteiger partial charge in [-0.05, 0) is 70.6 Å². The largest absolute Gasteiger partial charge is 0.394 e. The molecule has 2 saturated heterocycles. The van der Waals surface area contributed by atoms with Gasteiger partial charge in [-0.1, -0.05) is 317 Å². The summed E-state index contributed by atoms with van der Waals surface area (Å²) in [5.74, 6) is -0.241. The number of unbranched alkanes of at least 4 members (excludes halogenated alkanes) is 37. The molecular weight excluding hydrogens is 1160 g/mol. The Morgan fingerprint density at radius 1 is 0.402 bits per heavy atom. The van der Waals surface area contributed by atoms with Crippen molar-refractivity contribution in [3.63, 3.8) is 0 Å². The summed E-state index contributed by atoms with van der Waals surface area (Å²) in [6, 6.07) is -0.922. The number of carbonyl (C=O) groups excluding carboxylic acids is 1. The number of amides is 1. The van der Waals surface area contributed by atoms with Crippen molar-refractivity contribution >= 4 is 5.91 Å². The summed E-state index contributed by atoms with van der Waals surface area (Å²) < 4.78 is 22.9. The molecule has 0 aromatic carbocycles. The zero-order valence-corrected chi connectivity index (χ0v) is 58.3. The lowest BCUT2D eigenvalue weighted by Crippen LogP contribution is -2.65. The third kappa shape index (κ3) is 44.8. The van der Waals surface area contributed by atoms with E-state index >= 15 is 0 Å².